The number of aliphatic hydroxyl groups is 1. The van der Waals surface area contributed by atoms with Crippen LogP contribution in [0.25, 0.3) is 0 Å². The highest BCUT2D eigenvalue weighted by atomic mass is 35.5. The molecule has 0 radical (unpaired) electrons. The van der Waals surface area contributed by atoms with Gasteiger partial charge in [-0.3, -0.25) is 0 Å². The van der Waals surface area contributed by atoms with Crippen LogP contribution in [0.15, 0.2) is 17.0 Å². The molecule has 0 saturated carbocycles. The molecule has 0 saturated heterocycles. The van der Waals surface area contributed by atoms with Crippen molar-refractivity contribution in [2.75, 3.05) is 12.3 Å². The van der Waals surface area contributed by atoms with Crippen LogP contribution < -0.4 is 10.5 Å². The number of aliphatic hydroxyl groups excluding tert-OH is 1. The molecule has 1 rings (SSSR count). The topological polar surface area (TPSA) is 92.4 Å². The lowest BCUT2D eigenvalue weighted by molar-refractivity contribution is 0.216. The fraction of sp³-hybridized carbons (Fsp3) is 0.455. The van der Waals surface area contributed by atoms with Crippen molar-refractivity contribution in [1.29, 1.82) is 0 Å². The molecule has 4 N–H and O–H groups in total. The molecule has 0 aromatic heterocycles. The fourth-order valence-electron chi connectivity index (χ4n) is 1.41. The Bertz CT molecular complexity index is 540. The minimum Gasteiger partial charge on any atom is -0.399 e. The van der Waals surface area contributed by atoms with Crippen molar-refractivity contribution in [2.45, 2.75) is 24.8 Å². The van der Waals surface area contributed by atoms with E-state index in [1.165, 1.54) is 12.1 Å². The molecular weight excluding hydrogens is 311 g/mol. The van der Waals surface area contributed by atoms with Gasteiger partial charge in [-0.05, 0) is 25.0 Å². The van der Waals surface area contributed by atoms with Crippen LogP contribution in [0, 0.1) is 5.92 Å². The Morgan fingerprint density at radius 1 is 1.32 bits per heavy atom. The molecule has 0 amide bonds. The number of rotatable bonds is 5. The first-order valence-electron chi connectivity index (χ1n) is 5.56. The van der Waals surface area contributed by atoms with Crippen LogP contribution in [0.4, 0.5) is 5.69 Å². The number of nitrogens with one attached hydrogen (secondary N) is 1. The SMILES string of the molecule is CC(CO)C(C)NS(=O)(=O)c1c(Cl)cc(N)cc1Cl. The lowest BCUT2D eigenvalue weighted by Gasteiger charge is -2.20. The number of benzene rings is 1. The van der Waals surface area contributed by atoms with Gasteiger partial charge in [-0.1, -0.05) is 30.1 Å². The van der Waals surface area contributed by atoms with Gasteiger partial charge in [0.15, 0.2) is 0 Å². The summed E-state index contributed by atoms with van der Waals surface area (Å²) >= 11 is 11.8. The number of hydrogen-bond acceptors (Lipinski definition) is 4. The summed E-state index contributed by atoms with van der Waals surface area (Å²) in [5.41, 5.74) is 5.81. The molecule has 8 heteroatoms. The molecule has 5 nitrogen and oxygen atoms in total. The lowest BCUT2D eigenvalue weighted by Crippen LogP contribution is -2.38. The Balaban J connectivity index is 3.15. The van der Waals surface area contributed by atoms with Gasteiger partial charge in [0, 0.05) is 18.3 Å². The molecule has 2 unspecified atom stereocenters. The van der Waals surface area contributed by atoms with Crippen LogP contribution in [0.2, 0.25) is 10.0 Å². The van der Waals surface area contributed by atoms with E-state index in [1.807, 2.05) is 0 Å². The predicted octanol–water partition coefficient (Wildman–Crippen LogP) is 1.87. The summed E-state index contributed by atoms with van der Waals surface area (Å²) in [5.74, 6) is -0.235. The summed E-state index contributed by atoms with van der Waals surface area (Å²) in [6, 6.07) is 2.18. The highest BCUT2D eigenvalue weighted by Crippen LogP contribution is 2.32. The first-order chi connectivity index (χ1) is 8.69. The Kier molecular flexibility index (Phi) is 5.46. The Morgan fingerprint density at radius 2 is 1.79 bits per heavy atom. The first-order valence-corrected chi connectivity index (χ1v) is 7.80. The molecule has 0 bridgehead atoms. The Morgan fingerprint density at radius 3 is 2.21 bits per heavy atom. The molecule has 0 aliphatic carbocycles. The van der Waals surface area contributed by atoms with Crippen molar-refractivity contribution in [3.05, 3.63) is 22.2 Å². The molecule has 108 valence electrons. The summed E-state index contributed by atoms with van der Waals surface area (Å²) < 4.78 is 26.9. The summed E-state index contributed by atoms with van der Waals surface area (Å²) in [5, 5.41) is 8.93. The van der Waals surface area contributed by atoms with Crippen molar-refractivity contribution in [1.82, 2.24) is 4.72 Å². The second-order valence-electron chi connectivity index (χ2n) is 4.38. The minimum atomic E-state index is -3.87. The van der Waals surface area contributed by atoms with Crippen molar-refractivity contribution in [2.24, 2.45) is 5.92 Å². The number of anilines is 1. The fourth-order valence-corrected chi connectivity index (χ4v) is 4.00. The van der Waals surface area contributed by atoms with E-state index in [-0.39, 0.29) is 33.2 Å². The van der Waals surface area contributed by atoms with Gasteiger partial charge in [-0.25, -0.2) is 13.1 Å². The van der Waals surface area contributed by atoms with Gasteiger partial charge in [-0.2, -0.15) is 0 Å². The van der Waals surface area contributed by atoms with Crippen molar-refractivity contribution < 1.29 is 13.5 Å². The van der Waals surface area contributed by atoms with Gasteiger partial charge in [0.2, 0.25) is 10.0 Å². The first kappa shape index (κ1) is 16.5. The van der Waals surface area contributed by atoms with E-state index in [9.17, 15) is 8.42 Å². The number of nitrogens with two attached hydrogens (primary N) is 1. The lowest BCUT2D eigenvalue weighted by atomic mass is 10.1. The molecule has 1 aromatic carbocycles. The Hall–Kier alpha value is -0.530. The zero-order valence-electron chi connectivity index (χ0n) is 10.5. The third-order valence-corrected chi connectivity index (χ3v) is 5.25. The molecular formula is C11H16Cl2N2O3S. The maximum atomic E-state index is 12.2. The number of sulfonamides is 1. The van der Waals surface area contributed by atoms with Crippen LogP contribution in [-0.2, 0) is 10.0 Å². The second-order valence-corrected chi connectivity index (χ2v) is 6.85. The number of halogens is 2. The van der Waals surface area contributed by atoms with E-state index in [4.69, 9.17) is 34.0 Å². The average Bonchev–Trinajstić information content (AvgIpc) is 2.24. The van der Waals surface area contributed by atoms with E-state index < -0.39 is 16.1 Å². The van der Waals surface area contributed by atoms with Crippen molar-refractivity contribution in [3.8, 4) is 0 Å². The highest BCUT2D eigenvalue weighted by Gasteiger charge is 2.25. The van der Waals surface area contributed by atoms with Gasteiger partial charge in [-0.15, -0.1) is 0 Å². The van der Waals surface area contributed by atoms with E-state index in [0.717, 1.165) is 0 Å². The maximum absolute atomic E-state index is 12.2. The van der Waals surface area contributed by atoms with Crippen LogP contribution in [0.3, 0.4) is 0 Å². The van der Waals surface area contributed by atoms with Gasteiger partial charge < -0.3 is 10.8 Å². The standard InChI is InChI=1S/C11H16Cl2N2O3S/c1-6(5-16)7(2)15-19(17,18)11-9(12)3-8(14)4-10(11)13/h3-4,6-7,15-16H,5,14H2,1-2H3. The summed E-state index contributed by atoms with van der Waals surface area (Å²) in [4.78, 5) is -0.206. The van der Waals surface area contributed by atoms with Crippen LogP contribution >= 0.6 is 23.2 Å². The molecule has 0 aliphatic rings. The summed E-state index contributed by atoms with van der Waals surface area (Å²) in [7, 11) is -3.87. The zero-order chi connectivity index (χ0) is 14.8. The molecule has 0 spiro atoms. The predicted molar refractivity (Wildman–Crippen MR) is 76.9 cm³/mol. The van der Waals surface area contributed by atoms with Gasteiger partial charge in [0.25, 0.3) is 0 Å². The molecule has 19 heavy (non-hydrogen) atoms. The quantitative estimate of drug-likeness (QED) is 0.720. The third kappa shape index (κ3) is 3.97. The van der Waals surface area contributed by atoms with E-state index in [0.29, 0.717) is 0 Å². The Labute approximate surface area is 122 Å². The third-order valence-electron chi connectivity index (χ3n) is 2.77. The molecule has 1 aromatic rings. The molecule has 0 aliphatic heterocycles. The monoisotopic (exact) mass is 326 g/mol. The number of nitrogen functional groups attached to an aromatic ring is 1. The minimum absolute atomic E-state index is 0.0404. The summed E-state index contributed by atoms with van der Waals surface area (Å²) in [6.45, 7) is 3.24. The van der Waals surface area contributed by atoms with Gasteiger partial charge in [0.1, 0.15) is 4.90 Å². The van der Waals surface area contributed by atoms with Crippen molar-refractivity contribution >= 4 is 38.9 Å². The van der Waals surface area contributed by atoms with Gasteiger partial charge in [0.05, 0.1) is 10.0 Å². The molecule has 0 fully saturated rings. The van der Waals surface area contributed by atoms with E-state index in [1.54, 1.807) is 13.8 Å². The zero-order valence-corrected chi connectivity index (χ0v) is 12.9. The normalized spacial score (nSPS) is 15.2. The van der Waals surface area contributed by atoms with E-state index >= 15 is 0 Å². The highest BCUT2D eigenvalue weighted by molar-refractivity contribution is 7.89. The second kappa shape index (κ2) is 6.28. The van der Waals surface area contributed by atoms with E-state index in [2.05, 4.69) is 4.72 Å². The van der Waals surface area contributed by atoms with Crippen LogP contribution in [-0.4, -0.2) is 26.2 Å². The average molecular weight is 327 g/mol. The molecule has 2 atom stereocenters. The summed E-state index contributed by atoms with van der Waals surface area (Å²) in [6.07, 6.45) is 0. The number of hydrogen-bond donors (Lipinski definition) is 3. The van der Waals surface area contributed by atoms with Gasteiger partial charge >= 0.3 is 0 Å². The van der Waals surface area contributed by atoms with Crippen LogP contribution in [0.1, 0.15) is 13.8 Å². The van der Waals surface area contributed by atoms with Crippen LogP contribution in [0.5, 0.6) is 0 Å². The molecule has 0 heterocycles. The maximum Gasteiger partial charge on any atom is 0.243 e. The smallest absolute Gasteiger partial charge is 0.243 e. The van der Waals surface area contributed by atoms with Crippen molar-refractivity contribution in [3.63, 3.8) is 0 Å². The largest absolute Gasteiger partial charge is 0.399 e.